The first kappa shape index (κ1) is 82.5. The molecule has 0 radical (unpaired) electrons. The van der Waals surface area contributed by atoms with E-state index in [1.807, 2.05) is 112 Å². The smallest absolute Gasteiger partial charge is 0.332 e. The number of hydrogen-bond acceptors (Lipinski definition) is 18. The number of aromatic nitrogens is 14. The van der Waals surface area contributed by atoms with Crippen molar-refractivity contribution in [1.82, 2.24) is 71.9 Å². The van der Waals surface area contributed by atoms with Crippen LogP contribution in [0.1, 0.15) is 188 Å². The van der Waals surface area contributed by atoms with Crippen LogP contribution in [0.2, 0.25) is 0 Å². The summed E-state index contributed by atoms with van der Waals surface area (Å²) in [6, 6.07) is 45.3. The molecule has 2 saturated heterocycles. The molecule has 2 N–H and O–H groups in total. The Morgan fingerprint density at radius 3 is 2.03 bits per heavy atom. The van der Waals surface area contributed by atoms with Gasteiger partial charge in [-0.3, -0.25) is 42.2 Å². The van der Waals surface area contributed by atoms with Gasteiger partial charge in [0.2, 0.25) is 5.65 Å². The molecular formula is C94H113N17O8. The summed E-state index contributed by atoms with van der Waals surface area (Å²) < 4.78 is 34.4. The van der Waals surface area contributed by atoms with Crippen molar-refractivity contribution in [2.24, 2.45) is 24.8 Å². The Morgan fingerprint density at radius 1 is 0.655 bits per heavy atom. The zero-order chi connectivity index (χ0) is 81.7. The van der Waals surface area contributed by atoms with Crippen molar-refractivity contribution in [3.8, 4) is 28.5 Å². The van der Waals surface area contributed by atoms with Crippen LogP contribution in [0, 0.1) is 17.8 Å². The van der Waals surface area contributed by atoms with E-state index in [2.05, 4.69) is 125 Å². The standard InChI is InChI=1S/C31H30N4O3.C28H34N6O2.C19H24N4O.C15H21N3O2.CH4/c1-37-27-11-7-23(8-12-27)20-34-26(18-22-5-9-24(10-6-22)28-4-2-3-15-32-28)21-35-29(31(34)36)19-33-30(35)25-13-16-38-17-14-25;1-19(2)17-33-26-24(27(35)32(4)28(33)36)25(29-22-9-6-5-7-10-22)34(30-26)18-20-12-14-21(15-13-20)23-11-8-16-31(23)3;24-17-16-20-21-18(19(9-10-19)13-7-8-13)23(16)15-4-2-1-3-14(15)22(17)11-12-5-6-12;1-5-10(6-2)18-15-11-7-8-12(19-3)14(20-4)13(11)16-9-17-15;/h2-12,15,19,21,25H,13-14,16-18,20H2,1H3;5-7,9-10,12-15,19,23,29H,8,11,16-18H2,1-4H3;12-13H,1-11H2;7-10H,5-6H2,1-4H3,(H,16,17,18);1H4. The maximum Gasteiger partial charge on any atom is 0.332 e. The predicted octanol–water partition coefficient (Wildman–Crippen LogP) is 15.7. The predicted molar refractivity (Wildman–Crippen MR) is 468 cm³/mol. The van der Waals surface area contributed by atoms with Crippen LogP contribution < -0.4 is 47.2 Å². The molecule has 4 aliphatic carbocycles. The summed E-state index contributed by atoms with van der Waals surface area (Å²) in [7, 11) is 8.60. The molecule has 2 aliphatic heterocycles. The number of benzene rings is 5. The Bertz CT molecular complexity index is 5950. The Morgan fingerprint density at radius 2 is 1.37 bits per heavy atom. The Kier molecular flexibility index (Phi) is 25.2. The summed E-state index contributed by atoms with van der Waals surface area (Å²) in [5, 5.41) is 22.1. The molecule has 1 unspecified atom stereocenters. The topological polar surface area (TPSA) is 256 Å². The summed E-state index contributed by atoms with van der Waals surface area (Å²) in [6.45, 7) is 13.3. The lowest BCUT2D eigenvalue weighted by Crippen LogP contribution is -2.38. The van der Waals surface area contributed by atoms with Gasteiger partial charge < -0.3 is 38.7 Å². The van der Waals surface area contributed by atoms with Crippen molar-refractivity contribution in [2.45, 2.75) is 194 Å². The fourth-order valence-electron chi connectivity index (χ4n) is 17.5. The van der Waals surface area contributed by atoms with E-state index in [1.165, 1.54) is 92.8 Å². The van der Waals surface area contributed by atoms with Gasteiger partial charge in [-0.25, -0.2) is 24.4 Å². The van der Waals surface area contributed by atoms with Gasteiger partial charge in [0, 0.05) is 109 Å². The SMILES string of the molecule is C.CC(C)Cn1c(=O)n(C)c(=O)c2c(Nc3ccccc3)n(Cc3ccc(C4CCCN4C)cc3)nc21.CCC(CC)Nc1ncnc2c(OC)c(OC)ccc12.COc1ccc(Cn2c(Cc3ccc(-c4ccccn4)cc3)cn3c(C4CCOCC4)ncc3c2=O)cc1.O=c1c2nnc(C3(C4CC4)CC3)n2c2c(n1CC1CC1)CCCC2. The Hall–Kier alpha value is -11.6. The number of aryl methyl sites for hydroxylation is 1. The lowest BCUT2D eigenvalue weighted by Gasteiger charge is -2.24. The summed E-state index contributed by atoms with van der Waals surface area (Å²) in [5.41, 5.74) is 13.0. The van der Waals surface area contributed by atoms with E-state index in [4.69, 9.17) is 29.0 Å². The highest BCUT2D eigenvalue weighted by molar-refractivity contribution is 5.95. The van der Waals surface area contributed by atoms with Crippen LogP contribution in [0.4, 0.5) is 17.3 Å². The van der Waals surface area contributed by atoms with E-state index >= 15 is 0 Å². The minimum Gasteiger partial charge on any atom is -0.497 e. The van der Waals surface area contributed by atoms with Gasteiger partial charge in [0.1, 0.15) is 51.8 Å². The number of para-hydroxylation sites is 1. The number of hydrogen-bond donors (Lipinski definition) is 2. The number of imidazole rings is 1. The summed E-state index contributed by atoms with van der Waals surface area (Å²) >= 11 is 0. The second-order valence-corrected chi connectivity index (χ2v) is 33.1. The highest BCUT2D eigenvalue weighted by Crippen LogP contribution is 2.62. The molecule has 0 spiro atoms. The van der Waals surface area contributed by atoms with E-state index in [9.17, 15) is 19.2 Å². The van der Waals surface area contributed by atoms with Crippen LogP contribution in [0.5, 0.6) is 17.2 Å². The molecular weight excluding hydrogens is 1500 g/mol. The number of ether oxygens (including phenoxy) is 4. The van der Waals surface area contributed by atoms with Crippen LogP contribution in [-0.2, 0) is 62.6 Å². The summed E-state index contributed by atoms with van der Waals surface area (Å²) in [6.07, 6.45) is 26.4. The molecule has 119 heavy (non-hydrogen) atoms. The summed E-state index contributed by atoms with van der Waals surface area (Å²) in [5.74, 6) is 7.61. The van der Waals surface area contributed by atoms with E-state index in [0.29, 0.717) is 83.6 Å². The molecule has 5 fully saturated rings. The largest absolute Gasteiger partial charge is 0.497 e. The fourth-order valence-corrected chi connectivity index (χ4v) is 17.5. The van der Waals surface area contributed by atoms with Crippen LogP contribution in [0.25, 0.3) is 44.4 Å². The van der Waals surface area contributed by atoms with Crippen molar-refractivity contribution in [3.63, 3.8) is 0 Å². The monoisotopic (exact) mass is 1610 g/mol. The van der Waals surface area contributed by atoms with Gasteiger partial charge in [0.25, 0.3) is 16.7 Å². The number of rotatable bonds is 24. The van der Waals surface area contributed by atoms with Crippen molar-refractivity contribution >= 4 is 50.4 Å². The number of anilines is 3. The zero-order valence-electron chi connectivity index (χ0n) is 69.4. The molecule has 5 aromatic carbocycles. The average molecular weight is 1610 g/mol. The minimum atomic E-state index is -0.348. The second kappa shape index (κ2) is 36.3. The maximum absolute atomic E-state index is 13.8. The number of fused-ring (bicyclic) bond motifs is 6. The number of nitrogens with one attached hydrogen (secondary N) is 2. The molecule has 25 heteroatoms. The van der Waals surface area contributed by atoms with Gasteiger partial charge in [-0.2, -0.15) is 5.10 Å². The molecule has 8 aromatic heterocycles. The molecule has 10 heterocycles. The first-order valence-electron chi connectivity index (χ1n) is 42.3. The first-order valence-corrected chi connectivity index (χ1v) is 42.3. The van der Waals surface area contributed by atoms with Gasteiger partial charge >= 0.3 is 5.69 Å². The van der Waals surface area contributed by atoms with E-state index < -0.39 is 0 Å². The number of pyridine rings is 1. The minimum absolute atomic E-state index is 0. The molecule has 25 nitrogen and oxygen atoms in total. The van der Waals surface area contributed by atoms with Crippen LogP contribution in [-0.4, -0.2) is 126 Å². The van der Waals surface area contributed by atoms with E-state index in [0.717, 1.165) is 144 Å². The highest BCUT2D eigenvalue weighted by Gasteiger charge is 2.58. The van der Waals surface area contributed by atoms with Gasteiger partial charge in [0.05, 0.1) is 46.3 Å². The maximum atomic E-state index is 13.8. The first-order chi connectivity index (χ1) is 57.5. The van der Waals surface area contributed by atoms with Crippen LogP contribution >= 0.6 is 0 Å². The normalized spacial score (nSPS) is 16.3. The number of nitrogens with zero attached hydrogens (tertiary/aromatic N) is 15. The van der Waals surface area contributed by atoms with Crippen molar-refractivity contribution < 1.29 is 18.9 Å². The quantitative estimate of drug-likeness (QED) is 0.0570. The van der Waals surface area contributed by atoms with E-state index in [-0.39, 0.29) is 47.0 Å². The molecule has 13 aromatic rings. The second-order valence-electron chi connectivity index (χ2n) is 33.1. The lowest BCUT2D eigenvalue weighted by atomic mass is 9.97. The van der Waals surface area contributed by atoms with Crippen LogP contribution in [0.15, 0.2) is 178 Å². The van der Waals surface area contributed by atoms with E-state index in [1.54, 1.807) is 44.6 Å². The zero-order valence-corrected chi connectivity index (χ0v) is 69.4. The molecule has 6 aliphatic rings. The van der Waals surface area contributed by atoms with Crippen molar-refractivity contribution in [3.05, 3.63) is 251 Å². The lowest BCUT2D eigenvalue weighted by molar-refractivity contribution is 0.0835. The average Bonchev–Trinajstić information content (AvgIpc) is 1.54. The fraction of sp³-hybridized carbons (Fsp3) is 0.436. The van der Waals surface area contributed by atoms with Gasteiger partial charge in [0.15, 0.2) is 17.1 Å². The van der Waals surface area contributed by atoms with Crippen molar-refractivity contribution in [1.29, 1.82) is 0 Å². The molecule has 1 atom stereocenters. The molecule has 19 rings (SSSR count). The molecule has 622 valence electrons. The molecule has 0 amide bonds. The molecule has 0 bridgehead atoms. The van der Waals surface area contributed by atoms with Crippen molar-refractivity contribution in [2.75, 3.05) is 58.8 Å². The highest BCUT2D eigenvalue weighted by atomic mass is 16.5. The Balaban J connectivity index is 0.000000127. The Labute approximate surface area is 694 Å². The third-order valence-electron chi connectivity index (χ3n) is 24.6. The van der Waals surface area contributed by atoms with Gasteiger partial charge in [-0.15, -0.1) is 10.2 Å². The van der Waals surface area contributed by atoms with Crippen LogP contribution in [0.3, 0.4) is 0 Å². The summed E-state index contributed by atoms with van der Waals surface area (Å²) in [4.78, 5) is 73.6. The third-order valence-corrected chi connectivity index (χ3v) is 24.6. The van der Waals surface area contributed by atoms with Gasteiger partial charge in [-0.1, -0.05) is 120 Å². The number of methoxy groups -OCH3 is 3. The van der Waals surface area contributed by atoms with Gasteiger partial charge in [-0.05, 0) is 205 Å². The third kappa shape index (κ3) is 17.5. The molecule has 3 saturated carbocycles. The number of likely N-dealkylation sites (tertiary alicyclic amines) is 1.